The highest BCUT2D eigenvalue weighted by Gasteiger charge is 2.22. The fraction of sp³-hybridized carbons (Fsp3) is 0.650. The number of amides is 1. The molecule has 2 aliphatic heterocycles. The Balaban J connectivity index is 1.43. The van der Waals surface area contributed by atoms with Crippen molar-refractivity contribution < 1.29 is 14.6 Å². The molecule has 3 rings (SSSR count). The van der Waals surface area contributed by atoms with E-state index in [0.717, 1.165) is 51.5 Å². The van der Waals surface area contributed by atoms with Gasteiger partial charge in [0.15, 0.2) is 0 Å². The van der Waals surface area contributed by atoms with Gasteiger partial charge >= 0.3 is 0 Å². The van der Waals surface area contributed by atoms with Gasteiger partial charge in [-0.2, -0.15) is 0 Å². The van der Waals surface area contributed by atoms with Crippen molar-refractivity contribution in [3.8, 4) is 5.75 Å². The summed E-state index contributed by atoms with van der Waals surface area (Å²) in [5, 5.41) is 12.5. The molecule has 1 aromatic carbocycles. The maximum Gasteiger partial charge on any atom is 0.236 e. The second kappa shape index (κ2) is 8.84. The molecule has 0 spiro atoms. The van der Waals surface area contributed by atoms with Gasteiger partial charge in [-0.1, -0.05) is 26.0 Å². The second-order valence-electron chi connectivity index (χ2n) is 7.61. The molecular formula is C20H31N3O3. The first-order valence-electron chi connectivity index (χ1n) is 9.66. The van der Waals surface area contributed by atoms with Crippen molar-refractivity contribution in [1.82, 2.24) is 15.1 Å². The third-order valence-corrected chi connectivity index (χ3v) is 5.40. The van der Waals surface area contributed by atoms with Gasteiger partial charge in [-0.3, -0.25) is 9.69 Å². The topological polar surface area (TPSA) is 65.0 Å². The molecule has 0 bridgehead atoms. The van der Waals surface area contributed by atoms with Crippen LogP contribution in [-0.4, -0.2) is 72.8 Å². The van der Waals surface area contributed by atoms with Gasteiger partial charge in [0.2, 0.25) is 5.91 Å². The van der Waals surface area contributed by atoms with E-state index in [-0.39, 0.29) is 18.6 Å². The first-order valence-corrected chi connectivity index (χ1v) is 9.66. The lowest BCUT2D eigenvalue weighted by Crippen LogP contribution is -2.52. The molecular weight excluding hydrogens is 330 g/mol. The van der Waals surface area contributed by atoms with Crippen molar-refractivity contribution in [3.63, 3.8) is 0 Å². The standard InChI is InChI=1S/C20H31N3O3/c1-15(2)18(14-24)21-12-20(25)23-8-6-22(7-9-23)13-16-3-4-19-17(11-16)5-10-26-19/h3-4,11,15,18,21,24H,5-10,12-14H2,1-2H3/t18-/m1/s1. The number of carbonyl (C=O) groups excluding carboxylic acids is 1. The number of rotatable bonds is 7. The fourth-order valence-electron chi connectivity index (χ4n) is 3.59. The molecule has 1 saturated heterocycles. The molecule has 2 heterocycles. The number of hydrogen-bond donors (Lipinski definition) is 2. The Morgan fingerprint density at radius 2 is 2.04 bits per heavy atom. The molecule has 26 heavy (non-hydrogen) atoms. The van der Waals surface area contributed by atoms with Gasteiger partial charge < -0.3 is 20.1 Å². The molecule has 1 atom stereocenters. The van der Waals surface area contributed by atoms with Crippen molar-refractivity contribution in [3.05, 3.63) is 29.3 Å². The van der Waals surface area contributed by atoms with Gasteiger partial charge in [-0.15, -0.1) is 0 Å². The summed E-state index contributed by atoms with van der Waals surface area (Å²) in [6.07, 6.45) is 1.00. The van der Waals surface area contributed by atoms with Crippen LogP contribution in [0.2, 0.25) is 0 Å². The van der Waals surface area contributed by atoms with E-state index in [4.69, 9.17) is 4.74 Å². The number of aliphatic hydroxyl groups excluding tert-OH is 1. The average Bonchev–Trinajstić information content (AvgIpc) is 3.10. The quantitative estimate of drug-likeness (QED) is 0.755. The summed E-state index contributed by atoms with van der Waals surface area (Å²) < 4.78 is 5.57. The van der Waals surface area contributed by atoms with E-state index < -0.39 is 0 Å². The second-order valence-corrected chi connectivity index (χ2v) is 7.61. The normalized spacial score (nSPS) is 18.7. The number of carbonyl (C=O) groups is 1. The minimum atomic E-state index is -0.0240. The van der Waals surface area contributed by atoms with E-state index in [9.17, 15) is 9.90 Å². The van der Waals surface area contributed by atoms with Crippen molar-refractivity contribution in [1.29, 1.82) is 0 Å². The minimum absolute atomic E-state index is 0.0240. The maximum absolute atomic E-state index is 12.4. The Bertz CT molecular complexity index is 612. The van der Waals surface area contributed by atoms with Gasteiger partial charge in [0, 0.05) is 45.2 Å². The highest BCUT2D eigenvalue weighted by Crippen LogP contribution is 2.26. The van der Waals surface area contributed by atoms with E-state index in [1.165, 1.54) is 11.1 Å². The van der Waals surface area contributed by atoms with Gasteiger partial charge in [-0.25, -0.2) is 0 Å². The molecule has 0 aromatic heterocycles. The molecule has 0 radical (unpaired) electrons. The van der Waals surface area contributed by atoms with E-state index in [0.29, 0.717) is 12.5 Å². The van der Waals surface area contributed by atoms with Gasteiger partial charge in [0.05, 0.1) is 19.8 Å². The number of piperazine rings is 1. The van der Waals surface area contributed by atoms with Gasteiger partial charge in [-0.05, 0) is 23.1 Å². The average molecular weight is 361 g/mol. The zero-order chi connectivity index (χ0) is 18.5. The highest BCUT2D eigenvalue weighted by atomic mass is 16.5. The molecule has 144 valence electrons. The van der Waals surface area contributed by atoms with E-state index in [2.05, 4.69) is 28.4 Å². The number of ether oxygens (including phenoxy) is 1. The predicted octanol–water partition coefficient (Wildman–Crippen LogP) is 0.872. The SMILES string of the molecule is CC(C)[C@@H](CO)NCC(=O)N1CCN(Cc2ccc3c(c2)CCO3)CC1. The highest BCUT2D eigenvalue weighted by molar-refractivity contribution is 5.78. The number of nitrogens with one attached hydrogen (secondary N) is 1. The van der Waals surface area contributed by atoms with Crippen LogP contribution in [0.4, 0.5) is 0 Å². The molecule has 0 unspecified atom stereocenters. The van der Waals surface area contributed by atoms with E-state index in [1.54, 1.807) is 0 Å². The largest absolute Gasteiger partial charge is 0.493 e. The number of hydrogen-bond acceptors (Lipinski definition) is 5. The van der Waals surface area contributed by atoms with Gasteiger partial charge in [0.1, 0.15) is 5.75 Å². The van der Waals surface area contributed by atoms with Crippen molar-refractivity contribution in [2.75, 3.05) is 45.9 Å². The minimum Gasteiger partial charge on any atom is -0.493 e. The van der Waals surface area contributed by atoms with Crippen LogP contribution in [-0.2, 0) is 17.8 Å². The summed E-state index contributed by atoms with van der Waals surface area (Å²) in [6.45, 7) is 9.48. The molecule has 0 aliphatic carbocycles. The van der Waals surface area contributed by atoms with E-state index in [1.807, 2.05) is 18.7 Å². The summed E-state index contributed by atoms with van der Waals surface area (Å²) in [6, 6.07) is 6.45. The van der Waals surface area contributed by atoms with Crippen molar-refractivity contribution in [2.24, 2.45) is 5.92 Å². The van der Waals surface area contributed by atoms with Crippen LogP contribution in [0, 0.1) is 5.92 Å². The van der Waals surface area contributed by atoms with E-state index >= 15 is 0 Å². The number of fused-ring (bicyclic) bond motifs is 1. The molecule has 2 aliphatic rings. The Morgan fingerprint density at radius 1 is 1.27 bits per heavy atom. The molecule has 1 amide bonds. The van der Waals surface area contributed by atoms with Crippen LogP contribution < -0.4 is 10.1 Å². The summed E-state index contributed by atoms with van der Waals surface area (Å²) >= 11 is 0. The number of benzene rings is 1. The van der Waals surface area contributed by atoms with Gasteiger partial charge in [0.25, 0.3) is 0 Å². The molecule has 0 saturated carbocycles. The lowest BCUT2D eigenvalue weighted by atomic mass is 10.1. The van der Waals surface area contributed by atoms with Crippen molar-refractivity contribution in [2.45, 2.75) is 32.9 Å². The maximum atomic E-state index is 12.4. The fourth-order valence-corrected chi connectivity index (χ4v) is 3.59. The summed E-state index contributed by atoms with van der Waals surface area (Å²) in [5.74, 6) is 1.46. The zero-order valence-corrected chi connectivity index (χ0v) is 15.9. The Labute approximate surface area is 156 Å². The first kappa shape index (κ1) is 19.1. The Morgan fingerprint density at radius 3 is 2.73 bits per heavy atom. The lowest BCUT2D eigenvalue weighted by Gasteiger charge is -2.35. The third-order valence-electron chi connectivity index (χ3n) is 5.40. The molecule has 6 heteroatoms. The van der Waals surface area contributed by atoms with Crippen LogP contribution in [0.5, 0.6) is 5.75 Å². The summed E-state index contributed by atoms with van der Waals surface area (Å²) in [4.78, 5) is 16.7. The predicted molar refractivity (Wildman–Crippen MR) is 101 cm³/mol. The third kappa shape index (κ3) is 4.75. The Kier molecular flexibility index (Phi) is 6.51. The Hall–Kier alpha value is -1.63. The summed E-state index contributed by atoms with van der Waals surface area (Å²) in [7, 11) is 0. The van der Waals surface area contributed by atoms with Crippen LogP contribution in [0.25, 0.3) is 0 Å². The lowest BCUT2D eigenvalue weighted by molar-refractivity contribution is -0.132. The molecule has 1 aromatic rings. The molecule has 1 fully saturated rings. The monoisotopic (exact) mass is 361 g/mol. The number of nitrogens with zero attached hydrogens (tertiary/aromatic N) is 2. The summed E-state index contributed by atoms with van der Waals surface area (Å²) in [5.41, 5.74) is 2.63. The van der Waals surface area contributed by atoms with Crippen molar-refractivity contribution >= 4 is 5.91 Å². The molecule has 2 N–H and O–H groups in total. The number of aliphatic hydroxyl groups is 1. The van der Waals surface area contributed by atoms with Crippen LogP contribution >= 0.6 is 0 Å². The zero-order valence-electron chi connectivity index (χ0n) is 15.9. The molecule has 6 nitrogen and oxygen atoms in total. The smallest absolute Gasteiger partial charge is 0.236 e. The van der Waals surface area contributed by atoms with Crippen LogP contribution in [0.3, 0.4) is 0 Å². The van der Waals surface area contributed by atoms with Crippen LogP contribution in [0.1, 0.15) is 25.0 Å². The van der Waals surface area contributed by atoms with Crippen LogP contribution in [0.15, 0.2) is 18.2 Å². The first-order chi connectivity index (χ1) is 12.6.